The Kier molecular flexibility index (Phi) is 10.3. The number of piperazine rings is 1. The van der Waals surface area contributed by atoms with Crippen LogP contribution in [0.4, 0.5) is 0 Å². The zero-order valence-electron chi connectivity index (χ0n) is 14.2. The van der Waals surface area contributed by atoms with E-state index in [1.165, 1.54) is 0 Å². The van der Waals surface area contributed by atoms with E-state index in [0.717, 1.165) is 38.8 Å². The van der Waals surface area contributed by atoms with Crippen LogP contribution in [-0.2, 0) is 9.59 Å². The van der Waals surface area contributed by atoms with Gasteiger partial charge in [-0.25, -0.2) is 0 Å². The molecule has 0 amide bonds. The highest BCUT2D eigenvalue weighted by Crippen LogP contribution is 2.11. The molecule has 1 fully saturated rings. The number of likely N-dealkylation sites (N-methyl/N-ethyl adjacent to an activating group) is 1. The van der Waals surface area contributed by atoms with Crippen LogP contribution in [0.5, 0.6) is 0 Å². The van der Waals surface area contributed by atoms with Crippen molar-refractivity contribution in [1.29, 1.82) is 0 Å². The minimum absolute atomic E-state index is 0.323. The minimum Gasteiger partial charge on any atom is -0.480 e. The molecule has 1 heterocycles. The molecule has 0 spiro atoms. The highest BCUT2D eigenvalue weighted by Gasteiger charge is 2.30. The van der Waals surface area contributed by atoms with E-state index in [4.69, 9.17) is 5.11 Å². The maximum Gasteiger partial charge on any atom is 0.322 e. The molecule has 5 heteroatoms. The number of hydrogen-bond donors (Lipinski definition) is 1. The number of carboxylic acids is 1. The van der Waals surface area contributed by atoms with E-state index in [0.29, 0.717) is 18.4 Å². The molecule has 5 nitrogen and oxygen atoms in total. The van der Waals surface area contributed by atoms with Crippen molar-refractivity contribution >= 4 is 12.3 Å². The van der Waals surface area contributed by atoms with Crippen LogP contribution in [0.1, 0.15) is 40.5 Å². The molecular formula is C16H32N2O3. The summed E-state index contributed by atoms with van der Waals surface area (Å²) in [7, 11) is 1.97. The van der Waals surface area contributed by atoms with Gasteiger partial charge in [-0.15, -0.1) is 0 Å². The van der Waals surface area contributed by atoms with Crippen molar-refractivity contribution in [2.75, 3.05) is 33.2 Å². The lowest BCUT2D eigenvalue weighted by Crippen LogP contribution is -2.56. The quantitative estimate of drug-likeness (QED) is 0.760. The van der Waals surface area contributed by atoms with E-state index < -0.39 is 5.97 Å². The smallest absolute Gasteiger partial charge is 0.322 e. The number of hydrogen-bond acceptors (Lipinski definition) is 4. The molecule has 0 aromatic heterocycles. The van der Waals surface area contributed by atoms with E-state index in [-0.39, 0.29) is 6.04 Å². The minimum atomic E-state index is -0.697. The lowest BCUT2D eigenvalue weighted by atomic mass is 10.1. The Morgan fingerprint density at radius 2 is 1.86 bits per heavy atom. The first kappa shape index (κ1) is 20.1. The van der Waals surface area contributed by atoms with Gasteiger partial charge in [-0.2, -0.15) is 0 Å². The molecule has 1 aliphatic heterocycles. The normalized spacial score (nSPS) is 20.2. The Hall–Kier alpha value is -0.940. The van der Waals surface area contributed by atoms with Crippen molar-refractivity contribution in [3.05, 3.63) is 0 Å². The molecule has 0 radical (unpaired) electrons. The summed E-state index contributed by atoms with van der Waals surface area (Å²) in [4.78, 5) is 24.9. The standard InChI is InChI=1S/C10H20N2O2.C6H12O/c1-8(2)6-12-5-4-11(3)7-9(12)10(13)14;1-6(2)4-3-5-7/h8-9H,4-7H2,1-3H3,(H,13,14);5-6H,3-4H2,1-2H3. The average molecular weight is 300 g/mol. The fourth-order valence-corrected chi connectivity index (χ4v) is 2.28. The fraction of sp³-hybridized carbons (Fsp3) is 0.875. The van der Waals surface area contributed by atoms with Gasteiger partial charge < -0.3 is 14.8 Å². The summed E-state index contributed by atoms with van der Waals surface area (Å²) in [5.41, 5.74) is 0. The summed E-state index contributed by atoms with van der Waals surface area (Å²) >= 11 is 0. The Bertz CT molecular complexity index is 306. The molecule has 21 heavy (non-hydrogen) atoms. The number of aliphatic carboxylic acids is 1. The lowest BCUT2D eigenvalue weighted by molar-refractivity contribution is -0.145. The Labute approximate surface area is 129 Å². The largest absolute Gasteiger partial charge is 0.480 e. The van der Waals surface area contributed by atoms with Gasteiger partial charge in [0.2, 0.25) is 0 Å². The Morgan fingerprint density at radius 1 is 1.24 bits per heavy atom. The van der Waals surface area contributed by atoms with Gasteiger partial charge in [0.15, 0.2) is 0 Å². The second kappa shape index (κ2) is 10.7. The highest BCUT2D eigenvalue weighted by molar-refractivity contribution is 5.73. The van der Waals surface area contributed by atoms with Crippen molar-refractivity contribution in [3.8, 4) is 0 Å². The lowest BCUT2D eigenvalue weighted by Gasteiger charge is -2.38. The van der Waals surface area contributed by atoms with Crippen molar-refractivity contribution < 1.29 is 14.7 Å². The van der Waals surface area contributed by atoms with E-state index >= 15 is 0 Å². The third-order valence-corrected chi connectivity index (χ3v) is 3.44. The SMILES string of the molecule is CC(C)CCC=O.CC(C)CN1CCN(C)CC1C(=O)O. The second-order valence-electron chi connectivity index (χ2n) is 6.64. The maximum atomic E-state index is 11.0. The summed E-state index contributed by atoms with van der Waals surface area (Å²) < 4.78 is 0. The summed E-state index contributed by atoms with van der Waals surface area (Å²) in [6.45, 7) is 11.8. The topological polar surface area (TPSA) is 60.9 Å². The number of carbonyl (C=O) groups excluding carboxylic acids is 1. The molecule has 0 saturated carbocycles. The number of nitrogens with zero attached hydrogens (tertiary/aromatic N) is 2. The van der Waals surface area contributed by atoms with Gasteiger partial charge in [0.25, 0.3) is 0 Å². The summed E-state index contributed by atoms with van der Waals surface area (Å²) in [5, 5.41) is 9.07. The van der Waals surface area contributed by atoms with Crippen molar-refractivity contribution in [2.45, 2.75) is 46.6 Å². The van der Waals surface area contributed by atoms with E-state index in [9.17, 15) is 9.59 Å². The van der Waals surface area contributed by atoms with Crippen molar-refractivity contribution in [3.63, 3.8) is 0 Å². The average Bonchev–Trinajstić information content (AvgIpc) is 2.38. The Morgan fingerprint density at radius 3 is 2.24 bits per heavy atom. The zero-order valence-corrected chi connectivity index (χ0v) is 14.2. The van der Waals surface area contributed by atoms with Crippen LogP contribution < -0.4 is 0 Å². The van der Waals surface area contributed by atoms with Gasteiger partial charge in [0, 0.05) is 32.6 Å². The molecule has 1 atom stereocenters. The molecule has 1 aliphatic rings. The first-order chi connectivity index (χ1) is 9.77. The molecule has 0 aliphatic carbocycles. The van der Waals surface area contributed by atoms with Crippen LogP contribution in [0.15, 0.2) is 0 Å². The monoisotopic (exact) mass is 300 g/mol. The molecule has 1 N–H and O–H groups in total. The highest BCUT2D eigenvalue weighted by atomic mass is 16.4. The Balaban J connectivity index is 0.000000486. The van der Waals surface area contributed by atoms with Gasteiger partial charge >= 0.3 is 5.97 Å². The number of aldehydes is 1. The van der Waals surface area contributed by atoms with E-state index in [1.807, 2.05) is 7.05 Å². The zero-order chi connectivity index (χ0) is 16.4. The maximum absolute atomic E-state index is 11.0. The van der Waals surface area contributed by atoms with Crippen LogP contribution in [0.25, 0.3) is 0 Å². The fourth-order valence-electron chi connectivity index (χ4n) is 2.28. The van der Waals surface area contributed by atoms with Crippen molar-refractivity contribution in [2.24, 2.45) is 11.8 Å². The predicted octanol–water partition coefficient (Wildman–Crippen LogP) is 1.96. The molecule has 0 aromatic carbocycles. The van der Waals surface area contributed by atoms with Crippen LogP contribution in [0.2, 0.25) is 0 Å². The number of carboxylic acid groups (broad SMARTS) is 1. The molecule has 0 bridgehead atoms. The number of carbonyl (C=O) groups is 2. The molecule has 1 saturated heterocycles. The first-order valence-corrected chi connectivity index (χ1v) is 7.86. The van der Waals surface area contributed by atoms with Crippen LogP contribution in [0, 0.1) is 11.8 Å². The predicted molar refractivity (Wildman–Crippen MR) is 85.5 cm³/mol. The van der Waals surface area contributed by atoms with Gasteiger partial charge in [-0.3, -0.25) is 9.69 Å². The summed E-state index contributed by atoms with van der Waals surface area (Å²) in [5.74, 6) is 0.502. The molecule has 0 aromatic rings. The van der Waals surface area contributed by atoms with Gasteiger partial charge in [0.1, 0.15) is 12.3 Å². The van der Waals surface area contributed by atoms with E-state index in [2.05, 4.69) is 37.5 Å². The van der Waals surface area contributed by atoms with E-state index in [1.54, 1.807) is 0 Å². The number of rotatable bonds is 6. The molecule has 1 unspecified atom stereocenters. The van der Waals surface area contributed by atoms with Crippen LogP contribution in [0.3, 0.4) is 0 Å². The molecule has 1 rings (SSSR count). The second-order valence-corrected chi connectivity index (χ2v) is 6.64. The summed E-state index contributed by atoms with van der Waals surface area (Å²) in [6, 6.07) is -0.323. The van der Waals surface area contributed by atoms with Gasteiger partial charge in [0.05, 0.1) is 0 Å². The van der Waals surface area contributed by atoms with Crippen LogP contribution in [-0.4, -0.2) is 66.4 Å². The van der Waals surface area contributed by atoms with Crippen LogP contribution >= 0.6 is 0 Å². The first-order valence-electron chi connectivity index (χ1n) is 7.86. The van der Waals surface area contributed by atoms with Gasteiger partial charge in [-0.05, 0) is 25.3 Å². The summed E-state index contributed by atoms with van der Waals surface area (Å²) in [6.07, 6.45) is 2.72. The van der Waals surface area contributed by atoms with Crippen molar-refractivity contribution in [1.82, 2.24) is 9.80 Å². The molecular weight excluding hydrogens is 268 g/mol. The third kappa shape index (κ3) is 9.58. The van der Waals surface area contributed by atoms with Gasteiger partial charge in [-0.1, -0.05) is 27.7 Å². The third-order valence-electron chi connectivity index (χ3n) is 3.44. The molecule has 124 valence electrons.